The van der Waals surface area contributed by atoms with E-state index in [0.29, 0.717) is 0 Å². The first-order valence-electron chi connectivity index (χ1n) is 24.9. The molecular formula is C65H57BN2S. The molecule has 1 N–H and O–H groups in total. The van der Waals surface area contributed by atoms with Crippen LogP contribution in [0.3, 0.4) is 0 Å². The van der Waals surface area contributed by atoms with Crippen LogP contribution in [0.25, 0.3) is 21.9 Å². The third-order valence-corrected chi connectivity index (χ3v) is 17.9. The minimum Gasteiger partial charge on any atom is -0.354 e. The van der Waals surface area contributed by atoms with E-state index >= 15 is 0 Å². The van der Waals surface area contributed by atoms with Gasteiger partial charge in [0.2, 0.25) is 0 Å². The van der Waals surface area contributed by atoms with Gasteiger partial charge >= 0.3 is 0 Å². The van der Waals surface area contributed by atoms with E-state index in [1.165, 1.54) is 123 Å². The van der Waals surface area contributed by atoms with Crippen molar-refractivity contribution >= 4 is 69.2 Å². The number of hydrogen-bond acceptors (Lipinski definition) is 3. The highest BCUT2D eigenvalue weighted by Gasteiger charge is 2.46. The Morgan fingerprint density at radius 1 is 0.507 bits per heavy atom. The van der Waals surface area contributed by atoms with Crippen LogP contribution in [-0.4, -0.2) is 7.28 Å². The number of fused-ring (bicyclic) bond motifs is 8. The number of anilines is 5. The van der Waals surface area contributed by atoms with Gasteiger partial charge in [-0.2, -0.15) is 0 Å². The summed E-state index contributed by atoms with van der Waals surface area (Å²) >= 11 is 1.94. The zero-order chi connectivity index (χ0) is 47.0. The molecule has 0 atom stereocenters. The van der Waals surface area contributed by atoms with Crippen LogP contribution in [0.2, 0.25) is 0 Å². The van der Waals surface area contributed by atoms with Crippen molar-refractivity contribution in [3.8, 4) is 11.1 Å². The molecule has 0 saturated carbocycles. The summed E-state index contributed by atoms with van der Waals surface area (Å²) in [6.45, 7) is 17.0. The van der Waals surface area contributed by atoms with Gasteiger partial charge in [0.05, 0.1) is 11.1 Å². The summed E-state index contributed by atoms with van der Waals surface area (Å²) in [5.41, 5.74) is 22.9. The Bertz CT molecular complexity index is 3550. The molecule has 0 aromatic heterocycles. The predicted octanol–water partition coefficient (Wildman–Crippen LogP) is 15.6. The quantitative estimate of drug-likeness (QED) is 0.177. The largest absolute Gasteiger partial charge is 0.354 e. The molecule has 9 aromatic carbocycles. The number of nitrogens with zero attached hydrogens (tertiary/aromatic N) is 1. The molecule has 0 spiro atoms. The molecule has 13 rings (SSSR count). The smallest absolute Gasteiger partial charge is 0.198 e. The van der Waals surface area contributed by atoms with Crippen molar-refractivity contribution in [2.75, 3.05) is 10.2 Å². The average molecular weight is 909 g/mol. The van der Waals surface area contributed by atoms with Crippen LogP contribution in [0.1, 0.15) is 104 Å². The Hall–Kier alpha value is -6.75. The zero-order valence-corrected chi connectivity index (χ0v) is 41.6. The molecule has 69 heavy (non-hydrogen) atoms. The molecule has 0 bridgehead atoms. The normalized spacial score (nSPS) is 17.1. The average Bonchev–Trinajstić information content (AvgIpc) is 3.36. The fourth-order valence-electron chi connectivity index (χ4n) is 13.0. The second kappa shape index (κ2) is 15.1. The summed E-state index contributed by atoms with van der Waals surface area (Å²) in [4.78, 5) is 5.38. The van der Waals surface area contributed by atoms with Crippen LogP contribution >= 0.6 is 11.8 Å². The number of rotatable bonds is 4. The Labute approximate surface area is 413 Å². The molecule has 0 amide bonds. The van der Waals surface area contributed by atoms with Crippen molar-refractivity contribution in [1.29, 1.82) is 0 Å². The first kappa shape index (κ1) is 42.4. The van der Waals surface area contributed by atoms with Gasteiger partial charge in [-0.25, -0.2) is 0 Å². The Balaban J connectivity index is 1.13. The third-order valence-electron chi connectivity index (χ3n) is 16.8. The molecule has 4 heteroatoms. The summed E-state index contributed by atoms with van der Waals surface area (Å²) < 4.78 is 0. The van der Waals surface area contributed by atoms with E-state index in [0.717, 1.165) is 18.7 Å². The summed E-state index contributed by atoms with van der Waals surface area (Å²) in [6.07, 6.45) is 2.35. The highest BCUT2D eigenvalue weighted by molar-refractivity contribution is 7.99. The third kappa shape index (κ3) is 6.13. The number of para-hydroxylation sites is 2. The van der Waals surface area contributed by atoms with Gasteiger partial charge in [0.15, 0.2) is 7.28 Å². The maximum Gasteiger partial charge on any atom is 0.198 e. The lowest BCUT2D eigenvalue weighted by Gasteiger charge is -2.44. The highest BCUT2D eigenvalue weighted by Crippen LogP contribution is 2.57. The van der Waals surface area contributed by atoms with Crippen molar-refractivity contribution in [1.82, 2.24) is 0 Å². The van der Waals surface area contributed by atoms with Crippen LogP contribution in [0, 0.1) is 6.92 Å². The number of hydrogen-bond donors (Lipinski definition) is 1. The summed E-state index contributed by atoms with van der Waals surface area (Å²) in [7, 11) is 0.808. The summed E-state index contributed by atoms with van der Waals surface area (Å²) in [6, 6.07) is 69.4. The molecule has 4 aliphatic rings. The standard InChI is InChI=1S/C65H57BN2S/c1-40-35-49-50(63(4,5)34-33-62(49,2)3)38-54(40)68-55-39-58-51(64(6,7)47-29-17-19-32-57(47)69-58)37-52(55)66-60-56(68)36-41-21-14-15-26-44(41)59(60)45-27-20-30-48-61(45)67-53-31-18-16-28-46(53)65(48,42-22-10-8-11-23-42)43-24-12-9-13-25-43/h8-32,35-39,66-67H,33-34H2,1-7H3. The Morgan fingerprint density at radius 3 is 1.87 bits per heavy atom. The molecule has 9 aromatic rings. The molecular weight excluding hydrogens is 852 g/mol. The first-order valence-corrected chi connectivity index (χ1v) is 25.7. The van der Waals surface area contributed by atoms with Crippen LogP contribution < -0.4 is 21.1 Å². The first-order chi connectivity index (χ1) is 33.4. The number of aryl methyl sites for hydroxylation is 1. The van der Waals surface area contributed by atoms with E-state index in [4.69, 9.17) is 0 Å². The zero-order valence-electron chi connectivity index (χ0n) is 40.8. The lowest BCUT2D eigenvalue weighted by Crippen LogP contribution is -2.43. The van der Waals surface area contributed by atoms with E-state index in [1.54, 1.807) is 0 Å². The maximum atomic E-state index is 4.14. The van der Waals surface area contributed by atoms with Gasteiger partial charge in [0.1, 0.15) is 0 Å². The lowest BCUT2D eigenvalue weighted by molar-refractivity contribution is 0.332. The van der Waals surface area contributed by atoms with E-state index in [2.05, 4.69) is 241 Å². The van der Waals surface area contributed by atoms with E-state index in [9.17, 15) is 0 Å². The van der Waals surface area contributed by atoms with E-state index in [-0.39, 0.29) is 16.2 Å². The van der Waals surface area contributed by atoms with E-state index in [1.807, 2.05) is 11.8 Å². The fraction of sp³-hybridized carbons (Fsp3) is 0.200. The van der Waals surface area contributed by atoms with Gasteiger partial charge in [-0.05, 0) is 133 Å². The molecule has 0 saturated heterocycles. The Kier molecular flexibility index (Phi) is 9.29. The van der Waals surface area contributed by atoms with Crippen LogP contribution in [0.4, 0.5) is 28.4 Å². The van der Waals surface area contributed by atoms with Crippen molar-refractivity contribution in [2.24, 2.45) is 0 Å². The van der Waals surface area contributed by atoms with Crippen molar-refractivity contribution in [3.05, 3.63) is 232 Å². The van der Waals surface area contributed by atoms with Gasteiger partial charge in [-0.15, -0.1) is 0 Å². The number of benzene rings is 9. The van der Waals surface area contributed by atoms with E-state index < -0.39 is 5.41 Å². The van der Waals surface area contributed by atoms with Gasteiger partial charge in [0, 0.05) is 43.5 Å². The van der Waals surface area contributed by atoms with Crippen LogP contribution in [-0.2, 0) is 21.7 Å². The van der Waals surface area contributed by atoms with Gasteiger partial charge in [-0.1, -0.05) is 210 Å². The lowest BCUT2D eigenvalue weighted by atomic mass is 9.56. The second-order valence-electron chi connectivity index (χ2n) is 22.0. The molecule has 0 unspecified atom stereocenters. The van der Waals surface area contributed by atoms with Gasteiger partial charge < -0.3 is 10.2 Å². The molecule has 3 heterocycles. The second-order valence-corrected chi connectivity index (χ2v) is 23.1. The fourth-order valence-corrected chi connectivity index (χ4v) is 14.4. The van der Waals surface area contributed by atoms with Crippen LogP contribution in [0.5, 0.6) is 0 Å². The molecule has 336 valence electrons. The minimum absolute atomic E-state index is 0.0534. The van der Waals surface area contributed by atoms with Crippen molar-refractivity contribution in [3.63, 3.8) is 0 Å². The van der Waals surface area contributed by atoms with Crippen LogP contribution in [0.15, 0.2) is 192 Å². The highest BCUT2D eigenvalue weighted by atomic mass is 32.2. The van der Waals surface area contributed by atoms with Crippen molar-refractivity contribution < 1.29 is 0 Å². The SMILES string of the molecule is Cc1cc2c(cc1N1c3cc4c(cc3Bc3c1cc1ccccc1c3-c1cccc3c1Nc1ccccc1C3(c1ccccc1)c1ccccc1)C(C)(C)c1ccccc1S4)C(C)(C)CCC2(C)C. The predicted molar refractivity (Wildman–Crippen MR) is 295 cm³/mol. The topological polar surface area (TPSA) is 15.3 Å². The molecule has 1 aliphatic carbocycles. The summed E-state index contributed by atoms with van der Waals surface area (Å²) in [5, 5.41) is 6.65. The minimum atomic E-state index is -0.571. The Morgan fingerprint density at radius 2 is 1.13 bits per heavy atom. The monoisotopic (exact) mass is 908 g/mol. The summed E-state index contributed by atoms with van der Waals surface area (Å²) in [5.74, 6) is 0. The molecule has 3 aliphatic heterocycles. The molecule has 0 radical (unpaired) electrons. The maximum absolute atomic E-state index is 4.14. The molecule has 0 fully saturated rings. The molecule has 2 nitrogen and oxygen atoms in total. The number of nitrogens with one attached hydrogen (secondary N) is 1. The van der Waals surface area contributed by atoms with Gasteiger partial charge in [0.25, 0.3) is 0 Å². The van der Waals surface area contributed by atoms with Crippen molar-refractivity contribution in [2.45, 2.75) is 92.8 Å². The van der Waals surface area contributed by atoms with Gasteiger partial charge in [-0.3, -0.25) is 0 Å².